The van der Waals surface area contributed by atoms with Crippen molar-refractivity contribution >= 4 is 27.2 Å². The highest BCUT2D eigenvalue weighted by molar-refractivity contribution is 7.89. The van der Waals surface area contributed by atoms with E-state index in [2.05, 4.69) is 0 Å². The SMILES string of the molecule is CC(CC(N)=S)N(C)S(=O)(=O)CC(C)(C)C. The van der Waals surface area contributed by atoms with Gasteiger partial charge in [-0.3, -0.25) is 0 Å². The second-order valence-corrected chi connectivity index (χ2v) is 7.91. The van der Waals surface area contributed by atoms with Crippen LogP contribution in [0.3, 0.4) is 0 Å². The van der Waals surface area contributed by atoms with E-state index >= 15 is 0 Å². The van der Waals surface area contributed by atoms with Crippen molar-refractivity contribution in [3.63, 3.8) is 0 Å². The van der Waals surface area contributed by atoms with E-state index < -0.39 is 10.0 Å². The van der Waals surface area contributed by atoms with Crippen molar-refractivity contribution in [2.45, 2.75) is 40.2 Å². The fourth-order valence-electron chi connectivity index (χ4n) is 1.34. The number of nitrogens with zero attached hydrogens (tertiary/aromatic N) is 1. The quantitative estimate of drug-likeness (QED) is 0.763. The molecular weight excluding hydrogens is 244 g/mol. The third-order valence-corrected chi connectivity index (χ3v) is 4.81. The Labute approximate surface area is 104 Å². The monoisotopic (exact) mass is 266 g/mol. The molecule has 0 aromatic carbocycles. The van der Waals surface area contributed by atoms with E-state index in [-0.39, 0.29) is 17.2 Å². The molecule has 0 aliphatic heterocycles. The van der Waals surface area contributed by atoms with Crippen LogP contribution >= 0.6 is 12.2 Å². The number of hydrogen-bond donors (Lipinski definition) is 1. The summed E-state index contributed by atoms with van der Waals surface area (Å²) in [5, 5.41) is 0. The molecule has 0 aliphatic rings. The highest BCUT2D eigenvalue weighted by atomic mass is 32.2. The standard InChI is InChI=1S/C10H22N2O2S2/c1-8(6-9(11)15)12(5)16(13,14)7-10(2,3)4/h8H,6-7H2,1-5H3,(H2,11,15). The molecule has 2 N–H and O–H groups in total. The van der Waals surface area contributed by atoms with Gasteiger partial charge in [0.2, 0.25) is 10.0 Å². The Hall–Kier alpha value is -0.200. The molecule has 0 aromatic heterocycles. The number of hydrogen-bond acceptors (Lipinski definition) is 3. The minimum atomic E-state index is -3.24. The lowest BCUT2D eigenvalue weighted by Crippen LogP contribution is -2.41. The largest absolute Gasteiger partial charge is 0.393 e. The number of thiocarbonyl (C=S) groups is 1. The van der Waals surface area contributed by atoms with Gasteiger partial charge in [0.05, 0.1) is 10.7 Å². The Balaban J connectivity index is 4.70. The smallest absolute Gasteiger partial charge is 0.214 e. The molecule has 0 fully saturated rings. The second-order valence-electron chi connectivity index (χ2n) is 5.35. The molecule has 0 saturated heterocycles. The molecule has 6 heteroatoms. The zero-order valence-corrected chi connectivity index (χ0v) is 12.3. The molecular formula is C10H22N2O2S2. The van der Waals surface area contributed by atoms with Crippen LogP contribution < -0.4 is 5.73 Å². The molecule has 96 valence electrons. The summed E-state index contributed by atoms with van der Waals surface area (Å²) in [6.07, 6.45) is 0.412. The predicted molar refractivity (Wildman–Crippen MR) is 71.9 cm³/mol. The van der Waals surface area contributed by atoms with Gasteiger partial charge >= 0.3 is 0 Å². The van der Waals surface area contributed by atoms with Crippen LogP contribution in [0.5, 0.6) is 0 Å². The van der Waals surface area contributed by atoms with Crippen molar-refractivity contribution in [1.82, 2.24) is 4.31 Å². The lowest BCUT2D eigenvalue weighted by atomic mass is 10.0. The molecule has 0 aromatic rings. The van der Waals surface area contributed by atoms with Gasteiger partial charge in [-0.2, -0.15) is 0 Å². The fourth-order valence-corrected chi connectivity index (χ4v) is 3.51. The highest BCUT2D eigenvalue weighted by Crippen LogP contribution is 2.19. The van der Waals surface area contributed by atoms with Crippen LogP contribution in [0, 0.1) is 5.41 Å². The number of sulfonamides is 1. The van der Waals surface area contributed by atoms with E-state index in [1.54, 1.807) is 14.0 Å². The van der Waals surface area contributed by atoms with Crippen LogP contribution in [0.25, 0.3) is 0 Å². The zero-order valence-electron chi connectivity index (χ0n) is 10.6. The Bertz CT molecular complexity index is 344. The van der Waals surface area contributed by atoms with Crippen molar-refractivity contribution in [3.8, 4) is 0 Å². The van der Waals surface area contributed by atoms with Crippen LogP contribution in [-0.4, -0.2) is 36.6 Å². The van der Waals surface area contributed by atoms with Crippen molar-refractivity contribution in [2.75, 3.05) is 12.8 Å². The molecule has 0 radical (unpaired) electrons. The molecule has 0 heterocycles. The fraction of sp³-hybridized carbons (Fsp3) is 0.900. The van der Waals surface area contributed by atoms with Gasteiger partial charge < -0.3 is 5.73 Å². The first-order chi connectivity index (χ1) is 6.96. The van der Waals surface area contributed by atoms with Gasteiger partial charge in [-0.25, -0.2) is 12.7 Å². The van der Waals surface area contributed by atoms with Gasteiger partial charge in [0, 0.05) is 19.5 Å². The lowest BCUT2D eigenvalue weighted by molar-refractivity contribution is 0.378. The Morgan fingerprint density at radius 2 is 1.88 bits per heavy atom. The van der Waals surface area contributed by atoms with Crippen molar-refractivity contribution in [3.05, 3.63) is 0 Å². The molecule has 1 atom stereocenters. The first-order valence-corrected chi connectivity index (χ1v) is 7.21. The predicted octanol–water partition coefficient (Wildman–Crippen LogP) is 1.36. The van der Waals surface area contributed by atoms with Gasteiger partial charge in [0.15, 0.2) is 0 Å². The molecule has 1 unspecified atom stereocenters. The van der Waals surface area contributed by atoms with E-state index in [1.807, 2.05) is 20.8 Å². The van der Waals surface area contributed by atoms with Crippen LogP contribution in [-0.2, 0) is 10.0 Å². The lowest BCUT2D eigenvalue weighted by Gasteiger charge is -2.27. The topological polar surface area (TPSA) is 63.4 Å². The van der Waals surface area contributed by atoms with E-state index in [9.17, 15) is 8.42 Å². The molecule has 0 amide bonds. The number of rotatable bonds is 5. The van der Waals surface area contributed by atoms with E-state index in [4.69, 9.17) is 18.0 Å². The maximum absolute atomic E-state index is 12.0. The maximum Gasteiger partial charge on any atom is 0.214 e. The van der Waals surface area contributed by atoms with E-state index in [0.29, 0.717) is 11.4 Å². The number of nitrogens with two attached hydrogens (primary N) is 1. The van der Waals surface area contributed by atoms with E-state index in [1.165, 1.54) is 4.31 Å². The summed E-state index contributed by atoms with van der Waals surface area (Å²) in [5.74, 6) is 0.123. The molecule has 0 rings (SSSR count). The third-order valence-electron chi connectivity index (χ3n) is 2.17. The highest BCUT2D eigenvalue weighted by Gasteiger charge is 2.28. The Morgan fingerprint density at radius 3 is 2.19 bits per heavy atom. The van der Waals surface area contributed by atoms with Gasteiger partial charge in [0.25, 0.3) is 0 Å². The first-order valence-electron chi connectivity index (χ1n) is 5.20. The first kappa shape index (κ1) is 15.8. The third kappa shape index (κ3) is 5.77. The average molecular weight is 266 g/mol. The minimum absolute atomic E-state index is 0.123. The normalized spacial score (nSPS) is 15.1. The summed E-state index contributed by atoms with van der Waals surface area (Å²) in [6.45, 7) is 7.50. The summed E-state index contributed by atoms with van der Waals surface area (Å²) in [4.78, 5) is 0.338. The Morgan fingerprint density at radius 1 is 1.44 bits per heavy atom. The van der Waals surface area contributed by atoms with Crippen LogP contribution in [0.2, 0.25) is 0 Å². The van der Waals surface area contributed by atoms with Crippen LogP contribution in [0.1, 0.15) is 34.1 Å². The summed E-state index contributed by atoms with van der Waals surface area (Å²) in [5.41, 5.74) is 5.16. The van der Waals surface area contributed by atoms with Crippen LogP contribution in [0.4, 0.5) is 0 Å². The van der Waals surface area contributed by atoms with Gasteiger partial charge in [-0.15, -0.1) is 0 Å². The molecule has 4 nitrogen and oxygen atoms in total. The molecule has 16 heavy (non-hydrogen) atoms. The summed E-state index contributed by atoms with van der Waals surface area (Å²) >= 11 is 4.78. The van der Waals surface area contributed by atoms with E-state index in [0.717, 1.165) is 0 Å². The zero-order chi connectivity index (χ0) is 13.1. The van der Waals surface area contributed by atoms with Crippen molar-refractivity contribution < 1.29 is 8.42 Å². The average Bonchev–Trinajstić information content (AvgIpc) is 1.96. The molecule has 0 aliphatic carbocycles. The molecule has 0 bridgehead atoms. The van der Waals surface area contributed by atoms with Crippen molar-refractivity contribution in [2.24, 2.45) is 11.1 Å². The summed E-state index contributed by atoms with van der Waals surface area (Å²) in [7, 11) is -1.67. The minimum Gasteiger partial charge on any atom is -0.393 e. The van der Waals surface area contributed by atoms with Crippen molar-refractivity contribution in [1.29, 1.82) is 0 Å². The van der Waals surface area contributed by atoms with Gasteiger partial charge in [-0.05, 0) is 12.3 Å². The maximum atomic E-state index is 12.0. The van der Waals surface area contributed by atoms with Crippen LogP contribution in [0.15, 0.2) is 0 Å². The van der Waals surface area contributed by atoms with Gasteiger partial charge in [0.1, 0.15) is 0 Å². The second kappa shape index (κ2) is 5.42. The summed E-state index contributed by atoms with van der Waals surface area (Å²) < 4.78 is 25.4. The van der Waals surface area contributed by atoms with Gasteiger partial charge in [-0.1, -0.05) is 33.0 Å². The molecule has 0 spiro atoms. The molecule has 0 saturated carbocycles. The summed E-state index contributed by atoms with van der Waals surface area (Å²) in [6, 6.07) is -0.190. The Kier molecular flexibility index (Phi) is 5.35.